The number of anilines is 1. The summed E-state index contributed by atoms with van der Waals surface area (Å²) in [6.07, 6.45) is 7.61. The van der Waals surface area contributed by atoms with Crippen LogP contribution < -0.4 is 4.90 Å². The Balaban J connectivity index is 1.46. The number of allylic oxidation sites excluding steroid dienone is 1. The molecule has 0 atom stereocenters. The second-order valence-corrected chi connectivity index (χ2v) is 12.9. The molecule has 0 aliphatic carbocycles. The third-order valence-corrected chi connectivity index (χ3v) is 10.9. The molecule has 0 N–H and O–H groups in total. The Morgan fingerprint density at radius 3 is 2.18 bits per heavy atom. The van der Waals surface area contributed by atoms with Crippen molar-refractivity contribution in [3.63, 3.8) is 0 Å². The molecule has 2 fully saturated rings. The number of hydrogen-bond donors (Lipinski definition) is 0. The first kappa shape index (κ1) is 21.3. The number of rotatable bonds is 4. The number of hydrogen-bond acceptors (Lipinski definition) is 2. The van der Waals surface area contributed by atoms with Crippen LogP contribution >= 0.6 is 0 Å². The average Bonchev–Trinajstić information content (AvgIpc) is 3.67. The molecule has 0 bridgehead atoms. The van der Waals surface area contributed by atoms with E-state index in [2.05, 4.69) is 76.2 Å². The van der Waals surface area contributed by atoms with Crippen LogP contribution in [0, 0.1) is 0 Å². The second-order valence-electron chi connectivity index (χ2n) is 8.68. The zero-order valence-corrected chi connectivity index (χ0v) is 22.0. The summed E-state index contributed by atoms with van der Waals surface area (Å²) in [5, 5.41) is 0. The van der Waals surface area contributed by atoms with E-state index < -0.39 is 0 Å². The van der Waals surface area contributed by atoms with Crippen molar-refractivity contribution < 1.29 is 4.58 Å². The van der Waals surface area contributed by atoms with Crippen LogP contribution in [0.3, 0.4) is 0 Å². The van der Waals surface area contributed by atoms with Gasteiger partial charge in [0, 0.05) is 0 Å². The molecule has 0 saturated carbocycles. The monoisotopic (exact) mass is 567 g/mol. The van der Waals surface area contributed by atoms with Crippen LogP contribution in [0.25, 0.3) is 17.3 Å². The molecule has 6 rings (SSSR count). The van der Waals surface area contributed by atoms with Crippen molar-refractivity contribution >= 4 is 50.7 Å². The molecule has 4 heterocycles. The quantitative estimate of drug-likeness (QED) is 0.353. The average molecular weight is 565 g/mol. The molecule has 2 aromatic carbocycles. The first-order valence-electron chi connectivity index (χ1n) is 11.8. The summed E-state index contributed by atoms with van der Waals surface area (Å²) >= 11 is 0.466. The Morgan fingerprint density at radius 2 is 1.48 bits per heavy atom. The minimum absolute atomic E-state index is 0.233. The molecule has 0 amide bonds. The summed E-state index contributed by atoms with van der Waals surface area (Å²) in [4.78, 5) is 12.9. The van der Waals surface area contributed by atoms with Crippen LogP contribution in [0.2, 0.25) is 0 Å². The maximum absolute atomic E-state index is 5.21. The third kappa shape index (κ3) is 4.46. The van der Waals surface area contributed by atoms with Gasteiger partial charge in [-0.1, -0.05) is 0 Å². The van der Waals surface area contributed by atoms with E-state index in [9.17, 15) is 0 Å². The summed E-state index contributed by atoms with van der Waals surface area (Å²) in [5.41, 5.74) is 4.80. The van der Waals surface area contributed by atoms with E-state index in [0.717, 1.165) is 26.2 Å². The predicted molar refractivity (Wildman–Crippen MR) is 139 cm³/mol. The van der Waals surface area contributed by atoms with E-state index >= 15 is 0 Å². The molecular formula is C27H27N4Se2+. The van der Waals surface area contributed by atoms with Crippen molar-refractivity contribution in [1.29, 1.82) is 0 Å². The van der Waals surface area contributed by atoms with Crippen molar-refractivity contribution in [3.05, 3.63) is 75.1 Å². The first-order valence-corrected chi connectivity index (χ1v) is 15.2. The molecule has 3 aliphatic rings. The number of aliphatic imine (C=N–C) groups is 1. The van der Waals surface area contributed by atoms with Crippen LogP contribution in [0.4, 0.5) is 4.69 Å². The molecule has 4 nitrogen and oxygen atoms in total. The Labute approximate surface area is 207 Å². The fourth-order valence-corrected chi connectivity index (χ4v) is 9.57. The topological polar surface area (TPSA) is 31.5 Å². The summed E-state index contributed by atoms with van der Waals surface area (Å²) in [6, 6.07) is 21.5. The SMILES string of the molecule is C(=C1/[Se]C(=[N+]2CCCC2)N=C1c1ccccc1)/c1[se]c(N2CCCC2)nc1-c1ccccc1. The zero-order valence-electron chi connectivity index (χ0n) is 18.6. The van der Waals surface area contributed by atoms with Crippen molar-refractivity contribution in [2.24, 2.45) is 4.99 Å². The van der Waals surface area contributed by atoms with E-state index in [1.54, 1.807) is 0 Å². The molecule has 166 valence electrons. The van der Waals surface area contributed by atoms with Gasteiger partial charge >= 0.3 is 208 Å². The summed E-state index contributed by atoms with van der Waals surface area (Å²) < 4.78 is 7.93. The van der Waals surface area contributed by atoms with Gasteiger partial charge in [0.25, 0.3) is 0 Å². The molecule has 3 aromatic rings. The zero-order chi connectivity index (χ0) is 22.0. The van der Waals surface area contributed by atoms with Crippen LogP contribution in [0.5, 0.6) is 0 Å². The molecule has 0 spiro atoms. The van der Waals surface area contributed by atoms with Gasteiger partial charge in [-0.25, -0.2) is 0 Å². The van der Waals surface area contributed by atoms with Crippen molar-refractivity contribution in [2.75, 3.05) is 31.1 Å². The van der Waals surface area contributed by atoms with Gasteiger partial charge in [-0.15, -0.1) is 0 Å². The first-order chi connectivity index (χ1) is 16.3. The number of benzene rings is 2. The molecule has 0 radical (unpaired) electrons. The summed E-state index contributed by atoms with van der Waals surface area (Å²) in [7, 11) is 0. The van der Waals surface area contributed by atoms with Crippen molar-refractivity contribution in [3.8, 4) is 11.3 Å². The molecule has 1 aromatic heterocycles. The van der Waals surface area contributed by atoms with Gasteiger partial charge in [-0.2, -0.15) is 0 Å². The van der Waals surface area contributed by atoms with Gasteiger partial charge in [-0.3, -0.25) is 0 Å². The molecule has 3 aliphatic heterocycles. The number of nitrogens with zero attached hydrogens (tertiary/aromatic N) is 4. The van der Waals surface area contributed by atoms with Gasteiger partial charge in [-0.05, 0) is 0 Å². The van der Waals surface area contributed by atoms with Gasteiger partial charge in [0.05, 0.1) is 0 Å². The Kier molecular flexibility index (Phi) is 6.17. The normalized spacial score (nSPS) is 19.7. The maximum atomic E-state index is 5.21. The van der Waals surface area contributed by atoms with Gasteiger partial charge in [0.2, 0.25) is 0 Å². The summed E-state index contributed by atoms with van der Waals surface area (Å²) in [5.74, 6) is 0. The van der Waals surface area contributed by atoms with Crippen LogP contribution in [-0.4, -0.2) is 75.6 Å². The van der Waals surface area contributed by atoms with Crippen LogP contribution in [0.1, 0.15) is 35.7 Å². The summed E-state index contributed by atoms with van der Waals surface area (Å²) in [6.45, 7) is 4.61. The molecule has 6 heteroatoms. The van der Waals surface area contributed by atoms with Gasteiger partial charge in [0.15, 0.2) is 0 Å². The molecule has 2 saturated heterocycles. The van der Waals surface area contributed by atoms with E-state index in [-0.39, 0.29) is 29.5 Å². The van der Waals surface area contributed by atoms with Gasteiger partial charge in [0.1, 0.15) is 0 Å². The van der Waals surface area contributed by atoms with E-state index in [4.69, 9.17) is 9.98 Å². The van der Waals surface area contributed by atoms with Crippen molar-refractivity contribution in [1.82, 2.24) is 4.98 Å². The molecule has 0 unspecified atom stereocenters. The van der Waals surface area contributed by atoms with Crippen LogP contribution in [0.15, 0.2) is 70.1 Å². The van der Waals surface area contributed by atoms with Gasteiger partial charge < -0.3 is 0 Å². The molecular weight excluding hydrogens is 538 g/mol. The van der Waals surface area contributed by atoms with E-state index in [1.807, 2.05) is 0 Å². The minimum atomic E-state index is 0.233. The Bertz CT molecular complexity index is 1230. The number of aromatic nitrogens is 1. The second kappa shape index (κ2) is 9.56. The number of amidine groups is 1. The van der Waals surface area contributed by atoms with E-state index in [0.29, 0.717) is 0 Å². The Hall–Kier alpha value is -2.23. The third-order valence-electron chi connectivity index (χ3n) is 6.39. The fraction of sp³-hybridized carbons (Fsp3) is 0.296. The Morgan fingerprint density at radius 1 is 0.818 bits per heavy atom. The molecule has 33 heavy (non-hydrogen) atoms. The standard InChI is InChI=1S/C27H27N4Se2/c1-3-11-20(12-4-1)24-22(32-26(28-24)30-15-7-8-16-30)19-23-25(21-13-5-2-6-14-21)29-27(33-23)31-17-9-10-18-31/h1-6,11-14,19H,7-10,15-18H2/q+1. The van der Waals surface area contributed by atoms with E-state index in [1.165, 1.54) is 66.6 Å². The van der Waals surface area contributed by atoms with Crippen molar-refractivity contribution in [2.45, 2.75) is 25.7 Å². The van der Waals surface area contributed by atoms with Crippen LogP contribution in [-0.2, 0) is 0 Å². The fourth-order valence-electron chi connectivity index (χ4n) is 4.65. The predicted octanol–water partition coefficient (Wildman–Crippen LogP) is 4.12.